The molecule has 4 heterocycles. The van der Waals surface area contributed by atoms with Crippen molar-refractivity contribution in [1.82, 2.24) is 19.8 Å². The maximum Gasteiger partial charge on any atom is 0.326 e. The Labute approximate surface area is 150 Å². The molecule has 2 aromatic heterocycles. The lowest BCUT2D eigenvalue weighted by Crippen LogP contribution is -2.52. The van der Waals surface area contributed by atoms with Crippen molar-refractivity contribution >= 4 is 11.9 Å². The van der Waals surface area contributed by atoms with Crippen molar-refractivity contribution in [2.24, 2.45) is 5.92 Å². The zero-order valence-corrected chi connectivity index (χ0v) is 14.4. The monoisotopic (exact) mass is 358 g/mol. The highest BCUT2D eigenvalue weighted by atomic mass is 16.4. The van der Waals surface area contributed by atoms with Gasteiger partial charge in [-0.15, -0.1) is 0 Å². The number of aromatic amines is 1. The average Bonchev–Trinajstić information content (AvgIpc) is 3.31. The molecule has 1 atom stereocenters. The Morgan fingerprint density at radius 2 is 2.15 bits per heavy atom. The molecule has 0 unspecified atom stereocenters. The van der Waals surface area contributed by atoms with E-state index in [9.17, 15) is 14.7 Å². The Balaban J connectivity index is 1.40. The Hall–Kier alpha value is -2.61. The van der Waals surface area contributed by atoms with Crippen LogP contribution in [0.3, 0.4) is 0 Å². The number of carbonyl (C=O) groups is 2. The van der Waals surface area contributed by atoms with Gasteiger partial charge in [-0.05, 0) is 38.1 Å². The molecule has 4 rings (SSSR count). The third kappa shape index (κ3) is 3.24. The minimum absolute atomic E-state index is 0.0599. The van der Waals surface area contributed by atoms with Gasteiger partial charge < -0.3 is 19.4 Å². The number of amides is 1. The molecule has 0 aromatic carbocycles. The van der Waals surface area contributed by atoms with E-state index < -0.39 is 12.0 Å². The molecule has 0 aliphatic carbocycles. The fourth-order valence-corrected chi connectivity index (χ4v) is 3.88. The lowest BCUT2D eigenvalue weighted by Gasteiger charge is -2.37. The number of hydrogen-bond acceptors (Lipinski definition) is 5. The van der Waals surface area contributed by atoms with Gasteiger partial charge in [0.2, 0.25) is 5.91 Å². The summed E-state index contributed by atoms with van der Waals surface area (Å²) in [7, 11) is 0. The van der Waals surface area contributed by atoms with Gasteiger partial charge in [-0.2, -0.15) is 0 Å². The first kappa shape index (κ1) is 16.8. The second kappa shape index (κ2) is 6.95. The number of furan rings is 1. The zero-order valence-electron chi connectivity index (χ0n) is 14.4. The van der Waals surface area contributed by atoms with Gasteiger partial charge in [0, 0.05) is 12.3 Å². The van der Waals surface area contributed by atoms with Crippen LogP contribution >= 0.6 is 0 Å². The first-order valence-electron chi connectivity index (χ1n) is 8.91. The largest absolute Gasteiger partial charge is 0.480 e. The van der Waals surface area contributed by atoms with Crippen LogP contribution in [0.4, 0.5) is 0 Å². The van der Waals surface area contributed by atoms with Gasteiger partial charge >= 0.3 is 5.97 Å². The summed E-state index contributed by atoms with van der Waals surface area (Å²) in [5.41, 5.74) is 1.58. The first-order valence-corrected chi connectivity index (χ1v) is 8.91. The lowest BCUT2D eigenvalue weighted by molar-refractivity contribution is -0.154. The Bertz CT molecular complexity index is 777. The quantitative estimate of drug-likeness (QED) is 0.853. The molecule has 2 aliphatic heterocycles. The van der Waals surface area contributed by atoms with Crippen LogP contribution in [0.25, 0.3) is 0 Å². The van der Waals surface area contributed by atoms with E-state index in [1.54, 1.807) is 12.6 Å². The molecule has 2 aromatic rings. The topological polar surface area (TPSA) is 103 Å². The molecular formula is C18H22N4O4. The van der Waals surface area contributed by atoms with Crippen LogP contribution in [0.5, 0.6) is 0 Å². The fourth-order valence-electron chi connectivity index (χ4n) is 3.88. The molecule has 1 amide bonds. The lowest BCUT2D eigenvalue weighted by atomic mass is 9.92. The van der Waals surface area contributed by atoms with Crippen LogP contribution in [0.2, 0.25) is 0 Å². The number of aromatic nitrogens is 2. The number of carbonyl (C=O) groups excluding carboxylic acids is 1. The summed E-state index contributed by atoms with van der Waals surface area (Å²) >= 11 is 0. The van der Waals surface area contributed by atoms with Crippen molar-refractivity contribution < 1.29 is 19.1 Å². The highest BCUT2D eigenvalue weighted by Crippen LogP contribution is 2.27. The SMILES string of the molecule is O=C(O)[C@@H]1Cc2nc[nH]c2CN1C(=O)C1CCN(Cc2ccco2)CC1. The molecule has 1 saturated heterocycles. The van der Waals surface area contributed by atoms with Crippen molar-refractivity contribution in [1.29, 1.82) is 0 Å². The zero-order chi connectivity index (χ0) is 18.1. The number of aliphatic carboxylic acids is 1. The number of carboxylic acids is 1. The van der Waals surface area contributed by atoms with E-state index >= 15 is 0 Å². The number of fused-ring (bicyclic) bond motifs is 1. The maximum atomic E-state index is 13.0. The van der Waals surface area contributed by atoms with Gasteiger partial charge in [-0.25, -0.2) is 9.78 Å². The maximum absolute atomic E-state index is 13.0. The summed E-state index contributed by atoms with van der Waals surface area (Å²) in [5.74, 6) is -0.241. The molecule has 8 nitrogen and oxygen atoms in total. The number of imidazole rings is 1. The van der Waals surface area contributed by atoms with E-state index in [2.05, 4.69) is 14.9 Å². The first-order chi connectivity index (χ1) is 12.6. The number of rotatable bonds is 4. The highest BCUT2D eigenvalue weighted by Gasteiger charge is 2.39. The highest BCUT2D eigenvalue weighted by molar-refractivity contribution is 5.85. The Kier molecular flexibility index (Phi) is 4.50. The van der Waals surface area contributed by atoms with Crippen LogP contribution in [-0.4, -0.2) is 55.9 Å². The van der Waals surface area contributed by atoms with E-state index in [0.717, 1.165) is 49.6 Å². The molecule has 0 bridgehead atoms. The number of likely N-dealkylation sites (tertiary alicyclic amines) is 1. The summed E-state index contributed by atoms with van der Waals surface area (Å²) in [6.07, 6.45) is 4.95. The van der Waals surface area contributed by atoms with E-state index in [0.29, 0.717) is 0 Å². The van der Waals surface area contributed by atoms with Gasteiger partial charge in [-0.1, -0.05) is 0 Å². The minimum atomic E-state index is -0.970. The summed E-state index contributed by atoms with van der Waals surface area (Å²) in [5, 5.41) is 9.55. The van der Waals surface area contributed by atoms with Crippen LogP contribution in [0.1, 0.15) is 30.0 Å². The van der Waals surface area contributed by atoms with Crippen molar-refractivity contribution in [3.05, 3.63) is 41.9 Å². The van der Waals surface area contributed by atoms with E-state index in [4.69, 9.17) is 4.42 Å². The second-order valence-corrected chi connectivity index (χ2v) is 6.98. The minimum Gasteiger partial charge on any atom is -0.480 e. The third-order valence-electron chi connectivity index (χ3n) is 5.36. The number of nitrogens with one attached hydrogen (secondary N) is 1. The molecule has 0 saturated carbocycles. The molecule has 0 spiro atoms. The molecule has 2 aliphatic rings. The van der Waals surface area contributed by atoms with Crippen molar-refractivity contribution in [3.8, 4) is 0 Å². The molecular weight excluding hydrogens is 336 g/mol. The molecule has 1 fully saturated rings. The number of carboxylic acid groups (broad SMARTS) is 1. The van der Waals surface area contributed by atoms with Gasteiger partial charge in [0.25, 0.3) is 0 Å². The summed E-state index contributed by atoms with van der Waals surface area (Å²) in [6.45, 7) is 2.64. The van der Waals surface area contributed by atoms with E-state index in [-0.39, 0.29) is 24.8 Å². The summed E-state index contributed by atoms with van der Waals surface area (Å²) in [6, 6.07) is 2.99. The Morgan fingerprint density at radius 1 is 1.35 bits per heavy atom. The van der Waals surface area contributed by atoms with Crippen molar-refractivity contribution in [2.75, 3.05) is 13.1 Å². The summed E-state index contributed by atoms with van der Waals surface area (Å²) in [4.78, 5) is 35.6. The van der Waals surface area contributed by atoms with Crippen LogP contribution in [0.15, 0.2) is 29.1 Å². The van der Waals surface area contributed by atoms with Gasteiger partial charge in [0.1, 0.15) is 11.8 Å². The Morgan fingerprint density at radius 3 is 2.85 bits per heavy atom. The third-order valence-corrected chi connectivity index (χ3v) is 5.36. The fraction of sp³-hybridized carbons (Fsp3) is 0.500. The normalized spacial score (nSPS) is 21.5. The van der Waals surface area contributed by atoms with Crippen molar-refractivity contribution in [2.45, 2.75) is 38.4 Å². The number of piperidine rings is 1. The number of nitrogens with zero attached hydrogens (tertiary/aromatic N) is 3. The standard InChI is InChI=1S/C18H22N4O4/c23-17(12-3-5-21(6-4-12)9-13-2-1-7-26-13)22-10-15-14(19-11-20-15)8-16(22)18(24)25/h1-2,7,11-12,16H,3-6,8-10H2,(H,19,20)(H,24,25)/t16-/m0/s1. The second-order valence-electron chi connectivity index (χ2n) is 6.98. The molecule has 138 valence electrons. The van der Waals surface area contributed by atoms with E-state index in [1.807, 2.05) is 12.1 Å². The van der Waals surface area contributed by atoms with E-state index in [1.165, 1.54) is 4.90 Å². The predicted octanol–water partition coefficient (Wildman–Crippen LogP) is 1.25. The van der Waals surface area contributed by atoms with Gasteiger partial charge in [-0.3, -0.25) is 9.69 Å². The number of H-pyrrole nitrogens is 1. The smallest absolute Gasteiger partial charge is 0.326 e. The molecule has 8 heteroatoms. The van der Waals surface area contributed by atoms with Crippen LogP contribution < -0.4 is 0 Å². The van der Waals surface area contributed by atoms with Gasteiger partial charge in [0.05, 0.1) is 37.1 Å². The van der Waals surface area contributed by atoms with Crippen LogP contribution in [-0.2, 0) is 29.1 Å². The predicted molar refractivity (Wildman–Crippen MR) is 91.0 cm³/mol. The average molecular weight is 358 g/mol. The molecule has 2 N–H and O–H groups in total. The van der Waals surface area contributed by atoms with Gasteiger partial charge in [0.15, 0.2) is 0 Å². The summed E-state index contributed by atoms with van der Waals surface area (Å²) < 4.78 is 5.38. The van der Waals surface area contributed by atoms with Crippen molar-refractivity contribution in [3.63, 3.8) is 0 Å². The molecule has 26 heavy (non-hydrogen) atoms. The number of hydrogen-bond donors (Lipinski definition) is 2. The van der Waals surface area contributed by atoms with Crippen LogP contribution in [0, 0.1) is 5.92 Å². The molecule has 0 radical (unpaired) electrons.